The number of nitrogens with zero attached hydrogens (tertiary/aromatic N) is 1. The summed E-state index contributed by atoms with van der Waals surface area (Å²) < 4.78 is 67.1. The number of primary amides is 1. The minimum atomic E-state index is -4.08. The molecule has 0 aliphatic heterocycles. The number of amides is 1. The lowest BCUT2D eigenvalue weighted by molar-refractivity contribution is 0.0995. The third kappa shape index (κ3) is 3.81. The molecule has 1 atom stereocenters. The van der Waals surface area contributed by atoms with Crippen molar-refractivity contribution in [3.8, 4) is 0 Å². The fraction of sp³-hybridized carbons (Fsp3) is 0.250. The van der Waals surface area contributed by atoms with Crippen LogP contribution in [0.5, 0.6) is 0 Å². The summed E-state index contributed by atoms with van der Waals surface area (Å²) in [5, 5.41) is -1.79. The number of pyridine rings is 1. The average Bonchev–Trinajstić information content (AvgIpc) is 2.55. The molecule has 0 fully saturated rings. The van der Waals surface area contributed by atoms with Crippen LogP contribution in [0.2, 0.25) is 0 Å². The normalized spacial score (nSPS) is 12.8. The zero-order valence-corrected chi connectivity index (χ0v) is 14.0. The van der Waals surface area contributed by atoms with Crippen LogP contribution in [0.15, 0.2) is 30.5 Å². The lowest BCUT2D eigenvalue weighted by Crippen LogP contribution is -2.22. The standard InChI is InChI=1S/C16H15F3N2O3S/c1-2-7-25(23,24)15(9-3-6-12(16(20)22)21-8-9)13-10(17)4-5-11(18)14(13)19/h3-6,8,15H,2,7H2,1H3,(H2,20,22). The Hall–Kier alpha value is -2.42. The molecular formula is C16H15F3N2O3S. The van der Waals surface area contributed by atoms with Gasteiger partial charge in [0.15, 0.2) is 21.5 Å². The van der Waals surface area contributed by atoms with Gasteiger partial charge in [-0.3, -0.25) is 9.78 Å². The first-order chi connectivity index (χ1) is 11.7. The summed E-state index contributed by atoms with van der Waals surface area (Å²) in [6.45, 7) is 1.58. The number of nitrogens with two attached hydrogens (primary N) is 1. The maximum Gasteiger partial charge on any atom is 0.267 e. The van der Waals surface area contributed by atoms with Crippen LogP contribution in [0.1, 0.15) is 40.2 Å². The Labute approximate surface area is 142 Å². The van der Waals surface area contributed by atoms with Crippen molar-refractivity contribution in [3.05, 3.63) is 64.7 Å². The summed E-state index contributed by atoms with van der Waals surface area (Å²) in [5.74, 6) is -5.35. The minimum Gasteiger partial charge on any atom is -0.364 e. The predicted molar refractivity (Wildman–Crippen MR) is 85.0 cm³/mol. The Morgan fingerprint density at radius 1 is 1.16 bits per heavy atom. The largest absolute Gasteiger partial charge is 0.364 e. The molecule has 1 aromatic carbocycles. The molecule has 5 nitrogen and oxygen atoms in total. The number of hydrogen-bond acceptors (Lipinski definition) is 4. The van der Waals surface area contributed by atoms with Crippen LogP contribution in [-0.2, 0) is 9.84 Å². The summed E-state index contributed by atoms with van der Waals surface area (Å²) in [6.07, 6.45) is 1.19. The van der Waals surface area contributed by atoms with E-state index >= 15 is 0 Å². The van der Waals surface area contributed by atoms with Crippen molar-refractivity contribution < 1.29 is 26.4 Å². The van der Waals surface area contributed by atoms with Gasteiger partial charge in [-0.2, -0.15) is 0 Å². The second-order valence-electron chi connectivity index (χ2n) is 5.34. The SMILES string of the molecule is CCCS(=O)(=O)C(c1ccc(C(N)=O)nc1)c1c(F)ccc(F)c1F. The third-order valence-corrected chi connectivity index (χ3v) is 5.73. The minimum absolute atomic E-state index is 0.0955. The summed E-state index contributed by atoms with van der Waals surface area (Å²) in [6, 6.07) is 3.55. The summed E-state index contributed by atoms with van der Waals surface area (Å²) >= 11 is 0. The second-order valence-corrected chi connectivity index (χ2v) is 7.55. The van der Waals surface area contributed by atoms with Crippen LogP contribution in [0.25, 0.3) is 0 Å². The highest BCUT2D eigenvalue weighted by molar-refractivity contribution is 7.91. The molecule has 9 heteroatoms. The third-order valence-electron chi connectivity index (χ3n) is 3.53. The van der Waals surface area contributed by atoms with Gasteiger partial charge in [-0.15, -0.1) is 0 Å². The summed E-state index contributed by atoms with van der Waals surface area (Å²) in [4.78, 5) is 14.8. The highest BCUT2D eigenvalue weighted by Gasteiger charge is 2.34. The van der Waals surface area contributed by atoms with Crippen LogP contribution in [0.4, 0.5) is 13.2 Å². The molecule has 2 aromatic rings. The number of rotatable bonds is 6. The van der Waals surface area contributed by atoms with E-state index in [4.69, 9.17) is 5.73 Å². The molecule has 2 rings (SSSR count). The summed E-state index contributed by atoms with van der Waals surface area (Å²) in [5.41, 5.74) is 3.91. The van der Waals surface area contributed by atoms with Crippen molar-refractivity contribution in [2.75, 3.05) is 5.75 Å². The van der Waals surface area contributed by atoms with Crippen molar-refractivity contribution >= 4 is 15.7 Å². The molecule has 1 amide bonds. The van der Waals surface area contributed by atoms with E-state index in [-0.39, 0.29) is 23.4 Å². The molecule has 1 unspecified atom stereocenters. The van der Waals surface area contributed by atoms with Gasteiger partial charge < -0.3 is 5.73 Å². The number of halogens is 3. The molecule has 1 aromatic heterocycles. The lowest BCUT2D eigenvalue weighted by Gasteiger charge is -2.19. The molecule has 0 aliphatic rings. The van der Waals surface area contributed by atoms with Crippen LogP contribution >= 0.6 is 0 Å². The molecule has 134 valence electrons. The van der Waals surface area contributed by atoms with Crippen molar-refractivity contribution in [2.45, 2.75) is 18.6 Å². The van der Waals surface area contributed by atoms with Gasteiger partial charge in [0.1, 0.15) is 16.8 Å². The zero-order valence-electron chi connectivity index (χ0n) is 13.2. The number of carbonyl (C=O) groups excluding carboxylic acids is 1. The Morgan fingerprint density at radius 2 is 1.80 bits per heavy atom. The smallest absolute Gasteiger partial charge is 0.267 e. The van der Waals surface area contributed by atoms with Gasteiger partial charge >= 0.3 is 0 Å². The van der Waals surface area contributed by atoms with E-state index in [2.05, 4.69) is 4.98 Å². The molecule has 0 aliphatic carbocycles. The van der Waals surface area contributed by atoms with Gasteiger partial charge in [-0.05, 0) is 30.2 Å². The van der Waals surface area contributed by atoms with Crippen LogP contribution < -0.4 is 5.73 Å². The number of carbonyl (C=O) groups is 1. The van der Waals surface area contributed by atoms with E-state index < -0.39 is 44.0 Å². The molecule has 0 bridgehead atoms. The lowest BCUT2D eigenvalue weighted by atomic mass is 10.0. The fourth-order valence-electron chi connectivity index (χ4n) is 2.45. The van der Waals surface area contributed by atoms with E-state index in [1.165, 1.54) is 6.07 Å². The second kappa shape index (κ2) is 7.22. The van der Waals surface area contributed by atoms with Gasteiger partial charge in [0.2, 0.25) is 0 Å². The van der Waals surface area contributed by atoms with Crippen molar-refractivity contribution in [3.63, 3.8) is 0 Å². The first-order valence-corrected chi connectivity index (χ1v) is 9.01. The number of hydrogen-bond donors (Lipinski definition) is 1. The highest BCUT2D eigenvalue weighted by Crippen LogP contribution is 2.35. The highest BCUT2D eigenvalue weighted by atomic mass is 32.2. The van der Waals surface area contributed by atoms with Gasteiger partial charge in [0.25, 0.3) is 5.91 Å². The topological polar surface area (TPSA) is 90.1 Å². The quantitative estimate of drug-likeness (QED) is 0.789. The van der Waals surface area contributed by atoms with E-state index in [9.17, 15) is 26.4 Å². The fourth-order valence-corrected chi connectivity index (χ4v) is 4.38. The molecule has 0 spiro atoms. The Kier molecular flexibility index (Phi) is 5.46. The number of aromatic nitrogens is 1. The number of sulfone groups is 1. The molecule has 0 radical (unpaired) electrons. The van der Waals surface area contributed by atoms with E-state index in [1.807, 2.05) is 0 Å². The maximum atomic E-state index is 14.2. The van der Waals surface area contributed by atoms with Crippen LogP contribution in [-0.4, -0.2) is 25.1 Å². The first kappa shape index (κ1) is 18.9. The van der Waals surface area contributed by atoms with E-state index in [1.54, 1.807) is 6.92 Å². The van der Waals surface area contributed by atoms with Gasteiger partial charge in [-0.25, -0.2) is 21.6 Å². The maximum absolute atomic E-state index is 14.2. The van der Waals surface area contributed by atoms with Crippen LogP contribution in [0.3, 0.4) is 0 Å². The van der Waals surface area contributed by atoms with E-state index in [0.717, 1.165) is 12.3 Å². The van der Waals surface area contributed by atoms with Crippen LogP contribution in [0, 0.1) is 17.5 Å². The summed E-state index contributed by atoms with van der Waals surface area (Å²) in [7, 11) is -4.08. The van der Waals surface area contributed by atoms with Gasteiger partial charge in [0.05, 0.1) is 5.75 Å². The van der Waals surface area contributed by atoms with E-state index in [0.29, 0.717) is 12.1 Å². The average molecular weight is 372 g/mol. The zero-order chi connectivity index (χ0) is 18.8. The number of benzene rings is 1. The predicted octanol–water partition coefficient (Wildman–Crippen LogP) is 2.51. The van der Waals surface area contributed by atoms with Gasteiger partial charge in [-0.1, -0.05) is 13.0 Å². The van der Waals surface area contributed by atoms with Crippen molar-refractivity contribution in [2.24, 2.45) is 5.73 Å². The van der Waals surface area contributed by atoms with Crippen molar-refractivity contribution in [1.82, 2.24) is 4.98 Å². The Bertz CT molecular complexity index is 900. The van der Waals surface area contributed by atoms with Gasteiger partial charge in [0, 0.05) is 11.8 Å². The Morgan fingerprint density at radius 3 is 2.32 bits per heavy atom. The molecule has 1 heterocycles. The molecule has 0 saturated heterocycles. The molecule has 2 N–H and O–H groups in total. The monoisotopic (exact) mass is 372 g/mol. The Balaban J connectivity index is 2.72. The molecule has 0 saturated carbocycles. The molecule has 25 heavy (non-hydrogen) atoms. The van der Waals surface area contributed by atoms with Crippen molar-refractivity contribution in [1.29, 1.82) is 0 Å². The molecular weight excluding hydrogens is 357 g/mol. The first-order valence-electron chi connectivity index (χ1n) is 7.29.